The molecule has 0 saturated heterocycles. The van der Waals surface area contributed by atoms with Gasteiger partial charge in [0.15, 0.2) is 0 Å². The van der Waals surface area contributed by atoms with E-state index in [1.807, 2.05) is 0 Å². The number of sulfonamides is 1. The minimum atomic E-state index is -3.63. The molecule has 1 N–H and O–H groups in total. The average molecular weight is 378 g/mol. The van der Waals surface area contributed by atoms with E-state index >= 15 is 0 Å². The molecule has 0 heterocycles. The van der Waals surface area contributed by atoms with Gasteiger partial charge in [0.25, 0.3) is 0 Å². The number of hydrogen-bond acceptors (Lipinski definition) is 4. The van der Waals surface area contributed by atoms with Crippen molar-refractivity contribution in [3.63, 3.8) is 0 Å². The molecular formula is C14H20BrNO4S. The summed E-state index contributed by atoms with van der Waals surface area (Å²) in [6.45, 7) is 0. The van der Waals surface area contributed by atoms with E-state index in [1.165, 1.54) is 30.6 Å². The topological polar surface area (TPSA) is 66.8 Å². The Morgan fingerprint density at radius 1 is 1.33 bits per heavy atom. The summed E-state index contributed by atoms with van der Waals surface area (Å²) in [7, 11) is -0.570. The lowest BCUT2D eigenvalue weighted by atomic mass is 9.93. The first-order valence-electron chi connectivity index (χ1n) is 6.87. The van der Waals surface area contributed by atoms with Crippen LogP contribution in [-0.2, 0) is 10.0 Å². The molecule has 0 aromatic heterocycles. The van der Waals surface area contributed by atoms with Gasteiger partial charge < -0.3 is 9.84 Å². The van der Waals surface area contributed by atoms with Crippen molar-refractivity contribution in [3.05, 3.63) is 22.7 Å². The van der Waals surface area contributed by atoms with Gasteiger partial charge in [-0.3, -0.25) is 0 Å². The van der Waals surface area contributed by atoms with Gasteiger partial charge in [-0.25, -0.2) is 8.42 Å². The minimum Gasteiger partial charge on any atom is -0.496 e. The van der Waals surface area contributed by atoms with Crippen molar-refractivity contribution in [2.75, 3.05) is 14.2 Å². The van der Waals surface area contributed by atoms with E-state index in [0.717, 1.165) is 12.8 Å². The van der Waals surface area contributed by atoms with Crippen molar-refractivity contribution >= 4 is 26.0 Å². The van der Waals surface area contributed by atoms with Crippen LogP contribution in [0.3, 0.4) is 0 Å². The van der Waals surface area contributed by atoms with E-state index in [2.05, 4.69) is 15.9 Å². The quantitative estimate of drug-likeness (QED) is 0.874. The lowest BCUT2D eigenvalue weighted by Gasteiger charge is -2.34. The number of hydrogen-bond donors (Lipinski definition) is 1. The van der Waals surface area contributed by atoms with Crippen molar-refractivity contribution in [1.29, 1.82) is 0 Å². The van der Waals surface area contributed by atoms with Crippen molar-refractivity contribution in [2.45, 2.75) is 42.7 Å². The van der Waals surface area contributed by atoms with Crippen LogP contribution in [0.15, 0.2) is 27.6 Å². The van der Waals surface area contributed by atoms with Crippen LogP contribution in [-0.4, -0.2) is 44.1 Å². The molecule has 1 aromatic carbocycles. The van der Waals surface area contributed by atoms with Gasteiger partial charge >= 0.3 is 0 Å². The second kappa shape index (κ2) is 6.64. The highest BCUT2D eigenvalue weighted by molar-refractivity contribution is 9.10. The normalized spacial score (nSPS) is 23.3. The molecule has 0 aliphatic heterocycles. The molecule has 0 amide bonds. The van der Waals surface area contributed by atoms with Gasteiger partial charge in [0.2, 0.25) is 10.0 Å². The smallest absolute Gasteiger partial charge is 0.243 e. The van der Waals surface area contributed by atoms with Crippen LogP contribution in [0.1, 0.15) is 25.7 Å². The Morgan fingerprint density at radius 2 is 2.00 bits per heavy atom. The molecule has 1 aliphatic rings. The number of benzene rings is 1. The van der Waals surface area contributed by atoms with E-state index in [0.29, 0.717) is 23.1 Å². The lowest BCUT2D eigenvalue weighted by molar-refractivity contribution is 0.0638. The van der Waals surface area contributed by atoms with Crippen molar-refractivity contribution in [3.8, 4) is 5.75 Å². The fraction of sp³-hybridized carbons (Fsp3) is 0.571. The fourth-order valence-electron chi connectivity index (χ4n) is 2.67. The zero-order valence-corrected chi connectivity index (χ0v) is 14.5. The maximum atomic E-state index is 12.7. The second-order valence-electron chi connectivity index (χ2n) is 5.24. The number of aliphatic hydroxyl groups is 1. The molecule has 0 unspecified atom stereocenters. The molecule has 1 saturated carbocycles. The van der Waals surface area contributed by atoms with Gasteiger partial charge in [0.1, 0.15) is 5.75 Å². The predicted octanol–water partition coefficient (Wildman–Crippen LogP) is 2.38. The van der Waals surface area contributed by atoms with Gasteiger partial charge in [-0.2, -0.15) is 4.31 Å². The van der Waals surface area contributed by atoms with E-state index in [4.69, 9.17) is 4.74 Å². The molecular weight excluding hydrogens is 358 g/mol. The van der Waals surface area contributed by atoms with Crippen LogP contribution in [0.5, 0.6) is 5.75 Å². The molecule has 2 rings (SSSR count). The van der Waals surface area contributed by atoms with Crippen molar-refractivity contribution < 1.29 is 18.3 Å². The molecule has 1 aromatic rings. The van der Waals surface area contributed by atoms with Gasteiger partial charge in [0, 0.05) is 7.05 Å². The van der Waals surface area contributed by atoms with E-state index in [9.17, 15) is 13.5 Å². The number of likely N-dealkylation sites (N-methyl/N-ethyl adjacent to an activating group) is 1. The maximum absolute atomic E-state index is 12.7. The summed E-state index contributed by atoms with van der Waals surface area (Å²) < 4.78 is 32.4. The molecule has 0 spiro atoms. The van der Waals surface area contributed by atoms with Crippen LogP contribution in [0, 0.1) is 0 Å². The van der Waals surface area contributed by atoms with Crippen LogP contribution in [0.4, 0.5) is 0 Å². The Labute approximate surface area is 134 Å². The van der Waals surface area contributed by atoms with Crippen molar-refractivity contribution in [1.82, 2.24) is 4.31 Å². The van der Waals surface area contributed by atoms with Crippen molar-refractivity contribution in [2.24, 2.45) is 0 Å². The monoisotopic (exact) mass is 377 g/mol. The predicted molar refractivity (Wildman–Crippen MR) is 83.9 cm³/mol. The van der Waals surface area contributed by atoms with E-state index in [1.54, 1.807) is 6.07 Å². The lowest BCUT2D eigenvalue weighted by Crippen LogP contribution is -2.46. The third kappa shape index (κ3) is 3.41. The Hall–Kier alpha value is -0.630. The molecule has 0 radical (unpaired) electrons. The van der Waals surface area contributed by atoms with Crippen LogP contribution >= 0.6 is 15.9 Å². The SMILES string of the molecule is COc1ccc(S(=O)(=O)N(C)[C@@H]2CCCC[C@@H]2O)cc1Br. The number of rotatable bonds is 4. The number of nitrogens with zero attached hydrogens (tertiary/aromatic N) is 1. The summed E-state index contributed by atoms with van der Waals surface area (Å²) in [6, 6.07) is 4.30. The Kier molecular flexibility index (Phi) is 5.29. The second-order valence-corrected chi connectivity index (χ2v) is 8.09. The van der Waals surface area contributed by atoms with Gasteiger partial charge in [0.05, 0.1) is 28.6 Å². The van der Waals surface area contributed by atoms with Gasteiger partial charge in [-0.05, 0) is 47.0 Å². The Bertz CT molecular complexity index is 605. The standard InChI is InChI=1S/C14H20BrNO4S/c1-16(12-5-3-4-6-13(12)17)21(18,19)10-7-8-14(20-2)11(15)9-10/h7-9,12-13,17H,3-6H2,1-2H3/t12-,13+/m1/s1. The summed E-state index contributed by atoms with van der Waals surface area (Å²) in [4.78, 5) is 0.190. The molecule has 21 heavy (non-hydrogen) atoms. The summed E-state index contributed by atoms with van der Waals surface area (Å²) in [5, 5.41) is 10.1. The molecule has 1 aliphatic carbocycles. The largest absolute Gasteiger partial charge is 0.496 e. The zero-order valence-electron chi connectivity index (χ0n) is 12.1. The number of methoxy groups -OCH3 is 1. The summed E-state index contributed by atoms with van der Waals surface area (Å²) >= 11 is 3.30. The van der Waals surface area contributed by atoms with Gasteiger partial charge in [-0.1, -0.05) is 12.8 Å². The van der Waals surface area contributed by atoms with Crippen LogP contribution in [0.2, 0.25) is 0 Å². The maximum Gasteiger partial charge on any atom is 0.243 e. The first-order valence-corrected chi connectivity index (χ1v) is 9.11. The highest BCUT2D eigenvalue weighted by Gasteiger charge is 2.34. The molecule has 2 atom stereocenters. The average Bonchev–Trinajstić information content (AvgIpc) is 2.47. The van der Waals surface area contributed by atoms with Crippen LogP contribution < -0.4 is 4.74 Å². The number of ether oxygens (including phenoxy) is 1. The summed E-state index contributed by atoms with van der Waals surface area (Å²) in [6.07, 6.45) is 2.62. The third-order valence-corrected chi connectivity index (χ3v) is 6.46. The third-order valence-electron chi connectivity index (χ3n) is 3.96. The van der Waals surface area contributed by atoms with E-state index in [-0.39, 0.29) is 10.9 Å². The number of halogens is 1. The minimum absolute atomic E-state index is 0.190. The van der Waals surface area contributed by atoms with Crippen LogP contribution in [0.25, 0.3) is 0 Å². The fourth-order valence-corrected chi connectivity index (χ4v) is 4.80. The molecule has 5 nitrogen and oxygen atoms in total. The molecule has 118 valence electrons. The first-order chi connectivity index (χ1) is 9.87. The number of aliphatic hydroxyl groups excluding tert-OH is 1. The molecule has 7 heteroatoms. The molecule has 1 fully saturated rings. The zero-order chi connectivity index (χ0) is 15.6. The first kappa shape index (κ1) is 16.7. The summed E-state index contributed by atoms with van der Waals surface area (Å²) in [5.41, 5.74) is 0. The highest BCUT2D eigenvalue weighted by atomic mass is 79.9. The Balaban J connectivity index is 2.30. The highest BCUT2D eigenvalue weighted by Crippen LogP contribution is 2.31. The van der Waals surface area contributed by atoms with E-state index < -0.39 is 16.1 Å². The van der Waals surface area contributed by atoms with Gasteiger partial charge in [-0.15, -0.1) is 0 Å². The Morgan fingerprint density at radius 3 is 2.57 bits per heavy atom. The summed E-state index contributed by atoms with van der Waals surface area (Å²) in [5.74, 6) is 0.578. The molecule has 0 bridgehead atoms.